The Balaban J connectivity index is 0.000000258. The van der Waals surface area contributed by atoms with Crippen LogP contribution in [0.1, 0.15) is 6.42 Å². The first kappa shape index (κ1) is 15.5. The minimum absolute atomic E-state index is 0.499. The number of aliphatic carboxylic acids is 2. The van der Waals surface area contributed by atoms with Crippen molar-refractivity contribution in [2.45, 2.75) is 6.42 Å². The van der Waals surface area contributed by atoms with Crippen molar-refractivity contribution in [2.75, 3.05) is 26.7 Å². The van der Waals surface area contributed by atoms with Crippen molar-refractivity contribution in [1.82, 2.24) is 4.90 Å². The van der Waals surface area contributed by atoms with Gasteiger partial charge in [-0.05, 0) is 18.9 Å². The molecule has 2 atom stereocenters. The molecular weight excluding hydrogens is 276 g/mol. The number of rotatable bonds is 2. The van der Waals surface area contributed by atoms with Gasteiger partial charge >= 0.3 is 11.9 Å². The summed E-state index contributed by atoms with van der Waals surface area (Å²) in [5, 5.41) is 19.0. The number of carboxylic acid groups (broad SMARTS) is 2. The standard InChI is InChI=1S/C9H13ClN2O.C2H2O4/c1-13-11-9(10)8-4-7-2-3-12(5-7)6-8;3-1(4)2(5)6/h4,7H,2-3,5-6H2,1H3;(H,3,4)(H,5,6). The molecule has 2 heterocycles. The van der Waals surface area contributed by atoms with E-state index >= 15 is 0 Å². The van der Waals surface area contributed by atoms with Crippen LogP contribution >= 0.6 is 11.6 Å². The fourth-order valence-corrected chi connectivity index (χ4v) is 2.18. The van der Waals surface area contributed by atoms with Crippen molar-refractivity contribution in [1.29, 1.82) is 0 Å². The lowest BCUT2D eigenvalue weighted by molar-refractivity contribution is -0.159. The van der Waals surface area contributed by atoms with Crippen molar-refractivity contribution in [2.24, 2.45) is 11.1 Å². The van der Waals surface area contributed by atoms with E-state index in [2.05, 4.69) is 21.0 Å². The van der Waals surface area contributed by atoms with Gasteiger partial charge in [-0.3, -0.25) is 4.90 Å². The van der Waals surface area contributed by atoms with E-state index in [1.807, 2.05) is 0 Å². The fraction of sp³-hybridized carbons (Fsp3) is 0.545. The molecule has 8 heteroatoms. The summed E-state index contributed by atoms with van der Waals surface area (Å²) in [5.41, 5.74) is 1.11. The monoisotopic (exact) mass is 290 g/mol. The highest BCUT2D eigenvalue weighted by atomic mass is 35.5. The quantitative estimate of drug-likeness (QED) is 0.439. The SMILES string of the molecule is CON=C(Cl)C1=CC2CCN(C1)C2.O=C(O)C(=O)O. The Hall–Kier alpha value is -1.60. The molecule has 1 saturated heterocycles. The third kappa shape index (κ3) is 4.88. The van der Waals surface area contributed by atoms with Gasteiger partial charge < -0.3 is 15.1 Å². The molecule has 7 nitrogen and oxygen atoms in total. The van der Waals surface area contributed by atoms with Crippen molar-refractivity contribution in [3.63, 3.8) is 0 Å². The summed E-state index contributed by atoms with van der Waals surface area (Å²) in [5.74, 6) is -2.98. The summed E-state index contributed by atoms with van der Waals surface area (Å²) in [7, 11) is 1.51. The number of fused-ring (bicyclic) bond motifs is 2. The molecule has 19 heavy (non-hydrogen) atoms. The predicted octanol–water partition coefficient (Wildman–Crippen LogP) is 0.603. The molecule has 0 amide bonds. The summed E-state index contributed by atoms with van der Waals surface area (Å²) >= 11 is 5.95. The van der Waals surface area contributed by atoms with Gasteiger partial charge in [0.05, 0.1) is 0 Å². The predicted molar refractivity (Wildman–Crippen MR) is 68.2 cm³/mol. The summed E-state index contributed by atoms with van der Waals surface area (Å²) in [4.78, 5) is 25.2. The molecule has 2 unspecified atom stereocenters. The Labute approximate surface area is 115 Å². The van der Waals surface area contributed by atoms with Crippen LogP contribution in [0.4, 0.5) is 0 Å². The van der Waals surface area contributed by atoms with Crippen molar-refractivity contribution < 1.29 is 24.6 Å². The van der Waals surface area contributed by atoms with Gasteiger partial charge in [-0.15, -0.1) is 0 Å². The highest BCUT2D eigenvalue weighted by Crippen LogP contribution is 2.26. The Morgan fingerprint density at radius 3 is 2.58 bits per heavy atom. The van der Waals surface area contributed by atoms with Crippen molar-refractivity contribution in [3.8, 4) is 0 Å². The van der Waals surface area contributed by atoms with Gasteiger partial charge in [-0.1, -0.05) is 22.8 Å². The molecule has 0 aromatic heterocycles. The Bertz CT molecular complexity index is 409. The molecule has 2 rings (SSSR count). The van der Waals surface area contributed by atoms with E-state index in [0.717, 1.165) is 12.1 Å². The second-order valence-corrected chi connectivity index (χ2v) is 4.51. The number of hydrogen-bond acceptors (Lipinski definition) is 5. The molecule has 1 fully saturated rings. The average Bonchev–Trinajstić information content (AvgIpc) is 2.69. The first-order valence-electron chi connectivity index (χ1n) is 5.60. The highest BCUT2D eigenvalue weighted by Gasteiger charge is 2.27. The molecule has 2 bridgehead atoms. The van der Waals surface area contributed by atoms with Crippen molar-refractivity contribution in [3.05, 3.63) is 11.6 Å². The summed E-state index contributed by atoms with van der Waals surface area (Å²) in [6.07, 6.45) is 3.48. The molecule has 0 aromatic carbocycles. The van der Waals surface area contributed by atoms with E-state index in [9.17, 15) is 0 Å². The van der Waals surface area contributed by atoms with E-state index in [4.69, 9.17) is 31.4 Å². The highest BCUT2D eigenvalue weighted by molar-refractivity contribution is 6.69. The average molecular weight is 291 g/mol. The van der Waals surface area contributed by atoms with E-state index in [1.165, 1.54) is 26.6 Å². The zero-order chi connectivity index (χ0) is 14.4. The Morgan fingerprint density at radius 1 is 1.47 bits per heavy atom. The minimum Gasteiger partial charge on any atom is -0.473 e. The molecule has 0 radical (unpaired) electrons. The van der Waals surface area contributed by atoms with Crippen LogP contribution in [0, 0.1) is 5.92 Å². The number of oxime groups is 1. The van der Waals surface area contributed by atoms with Crippen LogP contribution in [0.2, 0.25) is 0 Å². The van der Waals surface area contributed by atoms with Crippen LogP contribution in [-0.4, -0.2) is 59.0 Å². The van der Waals surface area contributed by atoms with Crippen LogP contribution < -0.4 is 0 Å². The second kappa shape index (κ2) is 7.10. The van der Waals surface area contributed by atoms with E-state index in [0.29, 0.717) is 11.1 Å². The number of nitrogens with zero attached hydrogens (tertiary/aromatic N) is 2. The van der Waals surface area contributed by atoms with Crippen LogP contribution in [-0.2, 0) is 14.4 Å². The number of halogens is 1. The number of carboxylic acids is 2. The van der Waals surface area contributed by atoms with Crippen molar-refractivity contribution >= 4 is 28.7 Å². The second-order valence-electron chi connectivity index (χ2n) is 4.15. The van der Waals surface area contributed by atoms with Crippen LogP contribution in [0.5, 0.6) is 0 Å². The molecule has 0 spiro atoms. The van der Waals surface area contributed by atoms with Gasteiger partial charge in [-0.2, -0.15) is 0 Å². The van der Waals surface area contributed by atoms with Gasteiger partial charge in [0.1, 0.15) is 7.11 Å². The fourth-order valence-electron chi connectivity index (χ4n) is 1.99. The van der Waals surface area contributed by atoms with Crippen LogP contribution in [0.15, 0.2) is 16.8 Å². The van der Waals surface area contributed by atoms with Gasteiger partial charge in [-0.25, -0.2) is 9.59 Å². The van der Waals surface area contributed by atoms with E-state index in [1.54, 1.807) is 0 Å². The van der Waals surface area contributed by atoms with Gasteiger partial charge in [0, 0.05) is 18.7 Å². The first-order chi connectivity index (χ1) is 8.93. The first-order valence-corrected chi connectivity index (χ1v) is 5.98. The number of hydrogen-bond donors (Lipinski definition) is 2. The molecule has 2 aliphatic heterocycles. The molecule has 2 N–H and O–H groups in total. The minimum atomic E-state index is -1.82. The maximum Gasteiger partial charge on any atom is 0.414 e. The van der Waals surface area contributed by atoms with E-state index < -0.39 is 11.9 Å². The lowest BCUT2D eigenvalue weighted by Crippen LogP contribution is -2.28. The van der Waals surface area contributed by atoms with Gasteiger partial charge in [0.2, 0.25) is 0 Å². The molecule has 0 aliphatic carbocycles. The molecule has 0 aromatic rings. The Morgan fingerprint density at radius 2 is 2.11 bits per heavy atom. The lowest BCUT2D eigenvalue weighted by Gasteiger charge is -2.21. The maximum absolute atomic E-state index is 9.10. The Kier molecular flexibility index (Phi) is 5.78. The maximum atomic E-state index is 9.10. The van der Waals surface area contributed by atoms with Crippen LogP contribution in [0.3, 0.4) is 0 Å². The molecular formula is C11H15ClN2O5. The van der Waals surface area contributed by atoms with E-state index in [-0.39, 0.29) is 0 Å². The summed E-state index contributed by atoms with van der Waals surface area (Å²) in [6, 6.07) is 0. The zero-order valence-electron chi connectivity index (χ0n) is 10.4. The number of carbonyl (C=O) groups is 2. The summed E-state index contributed by atoms with van der Waals surface area (Å²) < 4.78 is 0. The normalized spacial score (nSPS) is 24.9. The summed E-state index contributed by atoms with van der Waals surface area (Å²) in [6.45, 7) is 3.28. The van der Waals surface area contributed by atoms with Crippen LogP contribution in [0.25, 0.3) is 0 Å². The lowest BCUT2D eigenvalue weighted by atomic mass is 10.0. The smallest absolute Gasteiger partial charge is 0.414 e. The molecule has 106 valence electrons. The third-order valence-electron chi connectivity index (χ3n) is 2.76. The largest absolute Gasteiger partial charge is 0.473 e. The third-order valence-corrected chi connectivity index (χ3v) is 3.07. The topological polar surface area (TPSA) is 99.4 Å². The molecule has 0 saturated carbocycles. The molecule has 2 aliphatic rings. The zero-order valence-corrected chi connectivity index (χ0v) is 11.1. The van der Waals surface area contributed by atoms with Gasteiger partial charge in [0.15, 0.2) is 5.17 Å². The van der Waals surface area contributed by atoms with Gasteiger partial charge in [0.25, 0.3) is 0 Å².